The zero-order valence-corrected chi connectivity index (χ0v) is 16.5. The van der Waals surface area contributed by atoms with Gasteiger partial charge in [0.25, 0.3) is 0 Å². The van der Waals surface area contributed by atoms with E-state index in [-0.39, 0.29) is 0 Å². The van der Waals surface area contributed by atoms with E-state index in [1.54, 1.807) is 0 Å². The van der Waals surface area contributed by atoms with Crippen LogP contribution in [0.1, 0.15) is 45.6 Å². The Balaban J connectivity index is 1.66. The van der Waals surface area contributed by atoms with Gasteiger partial charge in [-0.2, -0.15) is 0 Å². The fraction of sp³-hybridized carbons (Fsp3) is 0.714. The predicted octanol–water partition coefficient (Wildman–Crippen LogP) is 3.51. The van der Waals surface area contributed by atoms with Gasteiger partial charge in [0.1, 0.15) is 0 Å². The molecule has 0 aromatic heterocycles. The molecule has 1 aromatic carbocycles. The molecule has 4 nitrogen and oxygen atoms in total. The van der Waals surface area contributed by atoms with Gasteiger partial charge in [0.15, 0.2) is 0 Å². The number of hydrogen-bond acceptors (Lipinski definition) is 4. The van der Waals surface area contributed by atoms with Crippen LogP contribution in [0.15, 0.2) is 24.3 Å². The molecule has 0 spiro atoms. The van der Waals surface area contributed by atoms with E-state index in [1.807, 2.05) is 0 Å². The molecule has 1 fully saturated rings. The van der Waals surface area contributed by atoms with Crippen molar-refractivity contribution in [2.45, 2.75) is 52.6 Å². The molecule has 25 heavy (non-hydrogen) atoms. The van der Waals surface area contributed by atoms with Crippen LogP contribution in [0.5, 0.6) is 0 Å². The first-order chi connectivity index (χ1) is 12.2. The zero-order chi connectivity index (χ0) is 17.9. The number of anilines is 1. The Hall–Kier alpha value is -1.10. The summed E-state index contributed by atoms with van der Waals surface area (Å²) in [6, 6.07) is 9.76. The summed E-state index contributed by atoms with van der Waals surface area (Å²) < 4.78 is 5.57. The van der Waals surface area contributed by atoms with Gasteiger partial charge in [-0.1, -0.05) is 32.4 Å². The second-order valence-corrected chi connectivity index (χ2v) is 7.09. The standard InChI is InChI=1S/C21H37N3O/c1-4-6-16-25-17-11-22-18-20-7-9-21(10-8-20)24-14-12-23(13-15-24)19(3)5-2/h7-10,19,22H,4-6,11-18H2,1-3H3. The third-order valence-electron chi connectivity index (χ3n) is 5.22. The Kier molecular flexibility index (Phi) is 9.30. The van der Waals surface area contributed by atoms with Crippen molar-refractivity contribution in [3.63, 3.8) is 0 Å². The van der Waals surface area contributed by atoms with Crippen molar-refractivity contribution in [1.82, 2.24) is 10.2 Å². The van der Waals surface area contributed by atoms with E-state index < -0.39 is 0 Å². The minimum absolute atomic E-state index is 0.710. The van der Waals surface area contributed by atoms with Crippen LogP contribution in [0.3, 0.4) is 0 Å². The lowest BCUT2D eigenvalue weighted by Crippen LogP contribution is -2.49. The molecular weight excluding hydrogens is 310 g/mol. The van der Waals surface area contributed by atoms with Gasteiger partial charge in [-0.3, -0.25) is 4.90 Å². The molecule has 0 amide bonds. The summed E-state index contributed by atoms with van der Waals surface area (Å²) in [6.45, 7) is 15.0. The zero-order valence-electron chi connectivity index (χ0n) is 16.5. The second kappa shape index (κ2) is 11.5. The lowest BCUT2D eigenvalue weighted by molar-refractivity contribution is 0.133. The molecule has 1 aliphatic heterocycles. The number of benzene rings is 1. The molecule has 0 saturated carbocycles. The number of nitrogens with one attached hydrogen (secondary N) is 1. The number of unbranched alkanes of at least 4 members (excludes halogenated alkanes) is 1. The summed E-state index contributed by atoms with van der Waals surface area (Å²) in [4.78, 5) is 5.12. The number of piperazine rings is 1. The Labute approximate surface area is 154 Å². The van der Waals surface area contributed by atoms with Crippen LogP contribution in [0.2, 0.25) is 0 Å². The Morgan fingerprint density at radius 1 is 1.04 bits per heavy atom. The smallest absolute Gasteiger partial charge is 0.0591 e. The van der Waals surface area contributed by atoms with Gasteiger partial charge < -0.3 is 15.0 Å². The molecule has 0 radical (unpaired) electrons. The summed E-state index contributed by atoms with van der Waals surface area (Å²) >= 11 is 0. The van der Waals surface area contributed by atoms with Crippen LogP contribution in [0.25, 0.3) is 0 Å². The van der Waals surface area contributed by atoms with Gasteiger partial charge in [0.2, 0.25) is 0 Å². The summed E-state index contributed by atoms with van der Waals surface area (Å²) in [5.74, 6) is 0. The highest BCUT2D eigenvalue weighted by Crippen LogP contribution is 2.18. The van der Waals surface area contributed by atoms with Crippen molar-refractivity contribution in [2.24, 2.45) is 0 Å². The molecule has 1 atom stereocenters. The average molecular weight is 348 g/mol. The number of nitrogens with zero attached hydrogens (tertiary/aromatic N) is 2. The van der Waals surface area contributed by atoms with Crippen LogP contribution in [-0.4, -0.2) is 56.9 Å². The normalized spacial score (nSPS) is 17.0. The van der Waals surface area contributed by atoms with E-state index in [0.29, 0.717) is 6.04 Å². The first-order valence-electron chi connectivity index (χ1n) is 10.1. The molecule has 1 unspecified atom stereocenters. The quantitative estimate of drug-likeness (QED) is 0.620. The number of rotatable bonds is 11. The minimum atomic E-state index is 0.710. The fourth-order valence-corrected chi connectivity index (χ4v) is 3.23. The molecular formula is C21H37N3O. The Morgan fingerprint density at radius 3 is 2.40 bits per heavy atom. The average Bonchev–Trinajstić information content (AvgIpc) is 2.67. The second-order valence-electron chi connectivity index (χ2n) is 7.09. The van der Waals surface area contributed by atoms with Crippen molar-refractivity contribution in [3.05, 3.63) is 29.8 Å². The molecule has 1 aromatic rings. The minimum Gasteiger partial charge on any atom is -0.380 e. The molecule has 2 rings (SSSR count). The monoisotopic (exact) mass is 347 g/mol. The van der Waals surface area contributed by atoms with Gasteiger partial charge in [0.05, 0.1) is 6.61 Å². The fourth-order valence-electron chi connectivity index (χ4n) is 3.23. The van der Waals surface area contributed by atoms with Crippen molar-refractivity contribution in [1.29, 1.82) is 0 Å². The van der Waals surface area contributed by atoms with Crippen LogP contribution in [-0.2, 0) is 11.3 Å². The van der Waals surface area contributed by atoms with Crippen molar-refractivity contribution in [2.75, 3.05) is 50.8 Å². The van der Waals surface area contributed by atoms with Crippen LogP contribution in [0.4, 0.5) is 5.69 Å². The molecule has 1 aliphatic rings. The van der Waals surface area contributed by atoms with Crippen molar-refractivity contribution in [3.8, 4) is 0 Å². The number of ether oxygens (including phenoxy) is 1. The summed E-state index contributed by atoms with van der Waals surface area (Å²) in [7, 11) is 0. The summed E-state index contributed by atoms with van der Waals surface area (Å²) in [6.07, 6.45) is 3.60. The Bertz CT molecular complexity index is 455. The van der Waals surface area contributed by atoms with Crippen molar-refractivity contribution >= 4 is 5.69 Å². The van der Waals surface area contributed by atoms with Crippen LogP contribution >= 0.6 is 0 Å². The topological polar surface area (TPSA) is 27.7 Å². The van der Waals surface area contributed by atoms with Gasteiger partial charge in [-0.15, -0.1) is 0 Å². The lowest BCUT2D eigenvalue weighted by Gasteiger charge is -2.39. The third kappa shape index (κ3) is 6.96. The predicted molar refractivity (Wildman–Crippen MR) is 107 cm³/mol. The van der Waals surface area contributed by atoms with Crippen molar-refractivity contribution < 1.29 is 4.74 Å². The summed E-state index contributed by atoms with van der Waals surface area (Å²) in [5.41, 5.74) is 2.70. The first-order valence-corrected chi connectivity index (χ1v) is 10.1. The van der Waals surface area contributed by atoms with E-state index >= 15 is 0 Å². The maximum absolute atomic E-state index is 5.57. The molecule has 142 valence electrons. The van der Waals surface area contributed by atoms with E-state index in [9.17, 15) is 0 Å². The van der Waals surface area contributed by atoms with Gasteiger partial charge >= 0.3 is 0 Å². The molecule has 1 saturated heterocycles. The lowest BCUT2D eigenvalue weighted by atomic mass is 10.1. The van der Waals surface area contributed by atoms with E-state index in [0.717, 1.165) is 45.8 Å². The highest BCUT2D eigenvalue weighted by molar-refractivity contribution is 5.48. The Morgan fingerprint density at radius 2 is 1.76 bits per heavy atom. The van der Waals surface area contributed by atoms with E-state index in [1.165, 1.54) is 37.2 Å². The van der Waals surface area contributed by atoms with Gasteiger partial charge in [0, 0.05) is 57.6 Å². The molecule has 4 heteroatoms. The van der Waals surface area contributed by atoms with E-state index in [2.05, 4.69) is 60.2 Å². The third-order valence-corrected chi connectivity index (χ3v) is 5.22. The highest BCUT2D eigenvalue weighted by Gasteiger charge is 2.20. The van der Waals surface area contributed by atoms with Gasteiger partial charge in [-0.25, -0.2) is 0 Å². The summed E-state index contributed by atoms with van der Waals surface area (Å²) in [5, 5.41) is 3.46. The molecule has 1 heterocycles. The molecule has 1 N–H and O–H groups in total. The van der Waals surface area contributed by atoms with Crippen LogP contribution in [0, 0.1) is 0 Å². The molecule has 0 bridgehead atoms. The SMILES string of the molecule is CCCCOCCNCc1ccc(N2CCN(C(C)CC)CC2)cc1. The highest BCUT2D eigenvalue weighted by atomic mass is 16.5. The van der Waals surface area contributed by atoms with Gasteiger partial charge in [-0.05, 0) is 37.5 Å². The number of hydrogen-bond donors (Lipinski definition) is 1. The molecule has 0 aliphatic carbocycles. The maximum atomic E-state index is 5.57. The largest absolute Gasteiger partial charge is 0.380 e. The maximum Gasteiger partial charge on any atom is 0.0591 e. The first kappa shape index (κ1) is 20.2. The van der Waals surface area contributed by atoms with E-state index in [4.69, 9.17) is 4.74 Å². The van der Waals surface area contributed by atoms with Crippen LogP contribution < -0.4 is 10.2 Å².